The van der Waals surface area contributed by atoms with Gasteiger partial charge in [0.15, 0.2) is 5.11 Å². The first-order valence-corrected chi connectivity index (χ1v) is 11.7. The van der Waals surface area contributed by atoms with Gasteiger partial charge in [-0.15, -0.1) is 11.8 Å². The molecule has 0 heterocycles. The fourth-order valence-electron chi connectivity index (χ4n) is 2.99. The fourth-order valence-corrected chi connectivity index (χ4v) is 3.98. The molecule has 5 nitrogen and oxygen atoms in total. The van der Waals surface area contributed by atoms with Gasteiger partial charge in [0.2, 0.25) is 5.91 Å². The van der Waals surface area contributed by atoms with Crippen molar-refractivity contribution >= 4 is 52.1 Å². The number of para-hydroxylation sites is 2. The zero-order valence-corrected chi connectivity index (χ0v) is 20.0. The summed E-state index contributed by atoms with van der Waals surface area (Å²) in [6.45, 7) is 4.29. The summed E-state index contributed by atoms with van der Waals surface area (Å²) in [6.07, 6.45) is 0. The van der Waals surface area contributed by atoms with Gasteiger partial charge in [0.25, 0.3) is 0 Å². The lowest BCUT2D eigenvalue weighted by Gasteiger charge is -2.14. The summed E-state index contributed by atoms with van der Waals surface area (Å²) in [5, 5.41) is 9.72. The number of rotatable bonds is 8. The summed E-state index contributed by atoms with van der Waals surface area (Å²) in [7, 11) is 1.62. The van der Waals surface area contributed by atoms with Crippen molar-refractivity contribution in [1.82, 2.24) is 0 Å². The second kappa shape index (κ2) is 11.5. The number of hydrogen-bond donors (Lipinski definition) is 3. The molecule has 3 aromatic carbocycles. The minimum absolute atomic E-state index is 0.0426. The second-order valence-corrected chi connectivity index (χ2v) is 8.88. The largest absolute Gasteiger partial charge is 0.495 e. The molecule has 166 valence electrons. The normalized spacial score (nSPS) is 10.5. The molecule has 0 bridgehead atoms. The van der Waals surface area contributed by atoms with Crippen LogP contribution < -0.4 is 20.7 Å². The van der Waals surface area contributed by atoms with Crippen molar-refractivity contribution < 1.29 is 9.53 Å². The van der Waals surface area contributed by atoms with Crippen molar-refractivity contribution in [1.29, 1.82) is 0 Å². The number of methoxy groups -OCH3 is 1. The van der Waals surface area contributed by atoms with E-state index in [1.165, 1.54) is 17.3 Å². The summed E-state index contributed by atoms with van der Waals surface area (Å²) in [4.78, 5) is 13.3. The molecule has 0 aliphatic carbocycles. The molecule has 0 aliphatic heterocycles. The van der Waals surface area contributed by atoms with Crippen LogP contribution in [0.15, 0.2) is 77.7 Å². The maximum absolute atomic E-state index is 12.3. The molecule has 0 spiro atoms. The van der Waals surface area contributed by atoms with Crippen molar-refractivity contribution in [2.24, 2.45) is 0 Å². The first-order valence-electron chi connectivity index (χ1n) is 10.3. The summed E-state index contributed by atoms with van der Waals surface area (Å²) in [6, 6.07) is 23.3. The van der Waals surface area contributed by atoms with E-state index in [4.69, 9.17) is 17.0 Å². The van der Waals surface area contributed by atoms with E-state index in [2.05, 4.69) is 29.8 Å². The smallest absolute Gasteiger partial charge is 0.234 e. The van der Waals surface area contributed by atoms with Gasteiger partial charge >= 0.3 is 0 Å². The molecule has 0 aliphatic rings. The first kappa shape index (κ1) is 23.6. The van der Waals surface area contributed by atoms with Crippen LogP contribution in [0.2, 0.25) is 0 Å². The van der Waals surface area contributed by atoms with Crippen molar-refractivity contribution in [3.8, 4) is 5.75 Å². The van der Waals surface area contributed by atoms with Crippen molar-refractivity contribution in [2.75, 3.05) is 28.8 Å². The molecule has 3 N–H and O–H groups in total. The number of thioether (sulfide) groups is 1. The zero-order valence-electron chi connectivity index (χ0n) is 18.3. The van der Waals surface area contributed by atoms with Gasteiger partial charge in [0.1, 0.15) is 5.75 Å². The highest BCUT2D eigenvalue weighted by Crippen LogP contribution is 2.25. The Morgan fingerprint density at radius 3 is 2.41 bits per heavy atom. The number of carbonyl (C=O) groups is 1. The predicted molar refractivity (Wildman–Crippen MR) is 139 cm³/mol. The highest BCUT2D eigenvalue weighted by atomic mass is 32.2. The molecule has 3 rings (SSSR count). The fraction of sp³-hybridized carbons (Fsp3) is 0.200. The van der Waals surface area contributed by atoms with Crippen molar-refractivity contribution in [3.63, 3.8) is 0 Å². The molecule has 0 aromatic heterocycles. The lowest BCUT2D eigenvalue weighted by Crippen LogP contribution is -2.19. The molecule has 0 fully saturated rings. The molecule has 0 saturated heterocycles. The molecule has 0 unspecified atom stereocenters. The van der Waals surface area contributed by atoms with E-state index in [-0.39, 0.29) is 5.91 Å². The van der Waals surface area contributed by atoms with E-state index >= 15 is 0 Å². The monoisotopic (exact) mass is 465 g/mol. The average molecular weight is 466 g/mol. The lowest BCUT2D eigenvalue weighted by atomic mass is 10.0. The van der Waals surface area contributed by atoms with Crippen LogP contribution in [0.25, 0.3) is 0 Å². The van der Waals surface area contributed by atoms with Crippen LogP contribution in [0.3, 0.4) is 0 Å². The Hall–Kier alpha value is -3.03. The highest BCUT2D eigenvalue weighted by molar-refractivity contribution is 8.00. The SMILES string of the molecule is COc1ccccc1NC(=S)Nc1cccc(SCC(=O)Nc2ccc(C(C)C)cc2)c1. The minimum Gasteiger partial charge on any atom is -0.495 e. The number of benzene rings is 3. The van der Waals surface area contributed by atoms with Crippen LogP contribution in [-0.4, -0.2) is 23.9 Å². The van der Waals surface area contributed by atoms with Crippen LogP contribution in [0, 0.1) is 0 Å². The Bertz CT molecular complexity index is 1070. The molecule has 3 aromatic rings. The number of ether oxygens (including phenoxy) is 1. The molecule has 0 atom stereocenters. The predicted octanol–water partition coefficient (Wildman–Crippen LogP) is 6.36. The van der Waals surface area contributed by atoms with Gasteiger partial charge in [-0.3, -0.25) is 4.79 Å². The van der Waals surface area contributed by atoms with Gasteiger partial charge in [-0.2, -0.15) is 0 Å². The third-order valence-electron chi connectivity index (χ3n) is 4.68. The Balaban J connectivity index is 1.52. The van der Waals surface area contributed by atoms with E-state index in [1.807, 2.05) is 72.8 Å². The van der Waals surface area contributed by atoms with Gasteiger partial charge in [-0.25, -0.2) is 0 Å². The van der Waals surface area contributed by atoms with Gasteiger partial charge in [0.05, 0.1) is 18.6 Å². The number of carbonyl (C=O) groups excluding carboxylic acids is 1. The second-order valence-electron chi connectivity index (χ2n) is 7.42. The topological polar surface area (TPSA) is 62.4 Å². The van der Waals surface area contributed by atoms with Crippen LogP contribution in [0.5, 0.6) is 5.75 Å². The van der Waals surface area contributed by atoms with E-state index < -0.39 is 0 Å². The van der Waals surface area contributed by atoms with Crippen LogP contribution in [0.1, 0.15) is 25.3 Å². The minimum atomic E-state index is -0.0426. The summed E-state index contributed by atoms with van der Waals surface area (Å²) >= 11 is 6.90. The van der Waals surface area contributed by atoms with E-state index in [1.54, 1.807) is 7.11 Å². The maximum atomic E-state index is 12.3. The van der Waals surface area contributed by atoms with Gasteiger partial charge < -0.3 is 20.7 Å². The van der Waals surface area contributed by atoms with E-state index in [9.17, 15) is 4.79 Å². The molecule has 7 heteroatoms. The molecular formula is C25H27N3O2S2. The van der Waals surface area contributed by atoms with Crippen molar-refractivity contribution in [3.05, 3.63) is 78.4 Å². The Morgan fingerprint density at radius 1 is 0.938 bits per heavy atom. The molecule has 1 amide bonds. The summed E-state index contributed by atoms with van der Waals surface area (Å²) in [5.41, 5.74) is 3.69. The number of amides is 1. The van der Waals surface area contributed by atoms with Crippen molar-refractivity contribution in [2.45, 2.75) is 24.7 Å². The van der Waals surface area contributed by atoms with E-state index in [0.29, 0.717) is 22.5 Å². The third-order valence-corrected chi connectivity index (χ3v) is 5.88. The zero-order chi connectivity index (χ0) is 22.9. The van der Waals surface area contributed by atoms with Gasteiger partial charge in [-0.1, -0.05) is 44.2 Å². The van der Waals surface area contributed by atoms with Crippen LogP contribution >= 0.6 is 24.0 Å². The Labute approximate surface area is 199 Å². The average Bonchev–Trinajstić information content (AvgIpc) is 2.78. The third kappa shape index (κ3) is 7.00. The molecule has 0 saturated carbocycles. The van der Waals surface area contributed by atoms with Gasteiger partial charge in [0, 0.05) is 16.3 Å². The quantitative estimate of drug-likeness (QED) is 0.266. The van der Waals surface area contributed by atoms with Crippen LogP contribution in [-0.2, 0) is 4.79 Å². The first-order chi connectivity index (χ1) is 15.4. The Morgan fingerprint density at radius 2 is 1.69 bits per heavy atom. The number of nitrogens with one attached hydrogen (secondary N) is 3. The summed E-state index contributed by atoms with van der Waals surface area (Å²) < 4.78 is 5.34. The van der Waals surface area contributed by atoms with Crippen LogP contribution in [0.4, 0.5) is 17.1 Å². The number of thiocarbonyl (C=S) groups is 1. The van der Waals surface area contributed by atoms with E-state index in [0.717, 1.165) is 22.0 Å². The Kier molecular flexibility index (Phi) is 8.53. The van der Waals surface area contributed by atoms with Gasteiger partial charge in [-0.05, 0) is 66.2 Å². The standard InChI is InChI=1S/C25H27N3O2S2/c1-17(2)18-11-13-19(14-12-18)26-24(29)16-32-21-8-6-7-20(15-21)27-25(31)28-22-9-4-5-10-23(22)30-3/h4-15,17H,16H2,1-3H3,(H,26,29)(H2,27,28,31). The maximum Gasteiger partial charge on any atom is 0.234 e. The number of anilines is 3. The summed E-state index contributed by atoms with van der Waals surface area (Å²) in [5.74, 6) is 1.46. The molecule has 0 radical (unpaired) electrons. The highest BCUT2D eigenvalue weighted by Gasteiger charge is 2.07. The number of hydrogen-bond acceptors (Lipinski definition) is 4. The molecular weight excluding hydrogens is 438 g/mol. The molecule has 32 heavy (non-hydrogen) atoms. The lowest BCUT2D eigenvalue weighted by molar-refractivity contribution is -0.113.